The van der Waals surface area contributed by atoms with E-state index >= 15 is 0 Å². The van der Waals surface area contributed by atoms with E-state index in [0.717, 1.165) is 0 Å². The van der Waals surface area contributed by atoms with Gasteiger partial charge in [0, 0.05) is 16.8 Å². The van der Waals surface area contributed by atoms with Gasteiger partial charge in [0.05, 0.1) is 17.3 Å². The van der Waals surface area contributed by atoms with E-state index in [0.29, 0.717) is 16.8 Å². The predicted octanol–water partition coefficient (Wildman–Crippen LogP) is 1.84. The lowest BCUT2D eigenvalue weighted by molar-refractivity contribution is 0.163. The van der Waals surface area contributed by atoms with E-state index in [2.05, 4.69) is 15.9 Å². The topological polar surface area (TPSA) is 69.4 Å². The summed E-state index contributed by atoms with van der Waals surface area (Å²) >= 11 is 3.19. The molecule has 1 aromatic rings. The summed E-state index contributed by atoms with van der Waals surface area (Å²) in [4.78, 5) is 0.251. The van der Waals surface area contributed by atoms with Crippen molar-refractivity contribution in [1.82, 2.24) is 0 Å². The van der Waals surface area contributed by atoms with Crippen LogP contribution in [0.3, 0.4) is 0 Å². The zero-order valence-corrected chi connectivity index (χ0v) is 11.3. The molecule has 0 spiro atoms. The summed E-state index contributed by atoms with van der Waals surface area (Å²) < 4.78 is 29.3. The molecule has 0 fully saturated rings. The Morgan fingerprint density at radius 2 is 2.12 bits per heavy atom. The molecule has 0 amide bonds. The van der Waals surface area contributed by atoms with Crippen LogP contribution in [-0.2, 0) is 14.6 Å². The number of ether oxygens (including phenoxy) is 1. The van der Waals surface area contributed by atoms with Gasteiger partial charge in [-0.25, -0.2) is 8.42 Å². The molecule has 4 nitrogen and oxygen atoms in total. The summed E-state index contributed by atoms with van der Waals surface area (Å²) in [6.07, 6.45) is 0. The van der Waals surface area contributed by atoms with Crippen molar-refractivity contribution in [3.8, 4) is 0 Å². The zero-order valence-electron chi connectivity index (χ0n) is 8.94. The standard InChI is InChI=1S/C10H14BrNO3S/c1-2-15-5-6-16(13,14)10-4-3-8(12)7-9(10)11/h3-4,7H,2,5-6,12H2,1H3. The molecular formula is C10H14BrNO3S. The Kier molecular flexibility index (Phi) is 4.76. The van der Waals surface area contributed by atoms with Crippen LogP contribution in [0.4, 0.5) is 5.69 Å². The number of halogens is 1. The zero-order chi connectivity index (χ0) is 12.2. The summed E-state index contributed by atoms with van der Waals surface area (Å²) in [5.41, 5.74) is 6.07. The van der Waals surface area contributed by atoms with E-state index < -0.39 is 9.84 Å². The molecule has 0 aliphatic rings. The third-order valence-electron chi connectivity index (χ3n) is 1.99. The molecule has 0 radical (unpaired) electrons. The SMILES string of the molecule is CCOCCS(=O)(=O)c1ccc(N)cc1Br. The lowest BCUT2D eigenvalue weighted by Crippen LogP contribution is -2.13. The fourth-order valence-corrected chi connectivity index (χ4v) is 3.52. The third kappa shape index (κ3) is 3.47. The first-order valence-corrected chi connectivity index (χ1v) is 7.27. The molecular weight excluding hydrogens is 294 g/mol. The van der Waals surface area contributed by atoms with Gasteiger partial charge in [0.15, 0.2) is 9.84 Å². The van der Waals surface area contributed by atoms with Crippen molar-refractivity contribution < 1.29 is 13.2 Å². The summed E-state index contributed by atoms with van der Waals surface area (Å²) in [6.45, 7) is 2.54. The van der Waals surface area contributed by atoms with Crippen LogP contribution in [0.15, 0.2) is 27.6 Å². The van der Waals surface area contributed by atoms with Crippen molar-refractivity contribution in [1.29, 1.82) is 0 Å². The van der Waals surface area contributed by atoms with Gasteiger partial charge in [-0.05, 0) is 41.1 Å². The average molecular weight is 308 g/mol. The van der Waals surface area contributed by atoms with Gasteiger partial charge < -0.3 is 10.5 Å². The van der Waals surface area contributed by atoms with Gasteiger partial charge in [0.1, 0.15) is 0 Å². The average Bonchev–Trinajstić information content (AvgIpc) is 2.17. The molecule has 1 rings (SSSR count). The number of benzene rings is 1. The molecule has 16 heavy (non-hydrogen) atoms. The van der Waals surface area contributed by atoms with Crippen molar-refractivity contribution in [2.24, 2.45) is 0 Å². The van der Waals surface area contributed by atoms with Gasteiger partial charge in [0.25, 0.3) is 0 Å². The Morgan fingerprint density at radius 3 is 2.69 bits per heavy atom. The van der Waals surface area contributed by atoms with E-state index in [-0.39, 0.29) is 17.3 Å². The molecule has 90 valence electrons. The summed E-state index contributed by atoms with van der Waals surface area (Å²) in [6, 6.07) is 4.65. The van der Waals surface area contributed by atoms with E-state index in [1.807, 2.05) is 6.92 Å². The Balaban J connectivity index is 2.90. The normalized spacial score (nSPS) is 11.6. The number of nitrogen functional groups attached to an aromatic ring is 1. The molecule has 0 aromatic heterocycles. The van der Waals surface area contributed by atoms with Gasteiger partial charge in [-0.3, -0.25) is 0 Å². The molecule has 0 atom stereocenters. The van der Waals surface area contributed by atoms with Crippen LogP contribution in [0.25, 0.3) is 0 Å². The highest BCUT2D eigenvalue weighted by Crippen LogP contribution is 2.25. The van der Waals surface area contributed by atoms with Crippen LogP contribution in [-0.4, -0.2) is 27.4 Å². The fraction of sp³-hybridized carbons (Fsp3) is 0.400. The second-order valence-corrected chi connectivity index (χ2v) is 6.14. The van der Waals surface area contributed by atoms with Crippen LogP contribution >= 0.6 is 15.9 Å². The smallest absolute Gasteiger partial charge is 0.181 e. The van der Waals surface area contributed by atoms with Crippen LogP contribution < -0.4 is 5.73 Å². The van der Waals surface area contributed by atoms with E-state index in [1.54, 1.807) is 12.1 Å². The van der Waals surface area contributed by atoms with Gasteiger partial charge >= 0.3 is 0 Å². The van der Waals surface area contributed by atoms with Gasteiger partial charge in [-0.1, -0.05) is 0 Å². The van der Waals surface area contributed by atoms with Crippen LogP contribution in [0.5, 0.6) is 0 Å². The number of nitrogens with two attached hydrogens (primary N) is 1. The van der Waals surface area contributed by atoms with E-state index in [9.17, 15) is 8.42 Å². The monoisotopic (exact) mass is 307 g/mol. The number of hydrogen-bond acceptors (Lipinski definition) is 4. The van der Waals surface area contributed by atoms with Crippen LogP contribution in [0, 0.1) is 0 Å². The minimum Gasteiger partial charge on any atom is -0.399 e. The van der Waals surface area contributed by atoms with E-state index in [1.165, 1.54) is 6.07 Å². The fourth-order valence-electron chi connectivity index (χ4n) is 1.19. The van der Waals surface area contributed by atoms with Crippen molar-refractivity contribution in [2.45, 2.75) is 11.8 Å². The Hall–Kier alpha value is -0.590. The second kappa shape index (κ2) is 5.65. The number of sulfone groups is 1. The maximum Gasteiger partial charge on any atom is 0.181 e. The highest BCUT2D eigenvalue weighted by atomic mass is 79.9. The van der Waals surface area contributed by atoms with Crippen LogP contribution in [0.2, 0.25) is 0 Å². The molecule has 0 bridgehead atoms. The van der Waals surface area contributed by atoms with Gasteiger partial charge in [-0.15, -0.1) is 0 Å². The Bertz CT molecular complexity index is 459. The summed E-state index contributed by atoms with van der Waals surface area (Å²) in [5.74, 6) is -0.0244. The molecule has 0 unspecified atom stereocenters. The first-order valence-electron chi connectivity index (χ1n) is 4.83. The quantitative estimate of drug-likeness (QED) is 0.665. The molecule has 2 N–H and O–H groups in total. The first-order chi connectivity index (χ1) is 7.47. The summed E-state index contributed by atoms with van der Waals surface area (Å²) in [5, 5.41) is 0. The third-order valence-corrected chi connectivity index (χ3v) is 4.64. The molecule has 0 aliphatic carbocycles. The first kappa shape index (κ1) is 13.5. The summed E-state index contributed by atoms with van der Waals surface area (Å²) in [7, 11) is -3.31. The second-order valence-electron chi connectivity index (χ2n) is 3.21. The highest BCUT2D eigenvalue weighted by molar-refractivity contribution is 9.10. The van der Waals surface area contributed by atoms with Crippen molar-refractivity contribution in [3.63, 3.8) is 0 Å². The molecule has 6 heteroatoms. The van der Waals surface area contributed by atoms with E-state index in [4.69, 9.17) is 10.5 Å². The molecule has 0 heterocycles. The van der Waals surface area contributed by atoms with Crippen LogP contribution in [0.1, 0.15) is 6.92 Å². The largest absolute Gasteiger partial charge is 0.399 e. The minimum absolute atomic E-state index is 0.0244. The van der Waals surface area contributed by atoms with Gasteiger partial charge in [-0.2, -0.15) is 0 Å². The minimum atomic E-state index is -3.31. The highest BCUT2D eigenvalue weighted by Gasteiger charge is 2.17. The van der Waals surface area contributed by atoms with Crippen molar-refractivity contribution in [2.75, 3.05) is 24.7 Å². The van der Waals surface area contributed by atoms with Crippen molar-refractivity contribution >= 4 is 31.5 Å². The number of rotatable bonds is 5. The lowest BCUT2D eigenvalue weighted by Gasteiger charge is -2.07. The van der Waals surface area contributed by atoms with Gasteiger partial charge in [0.2, 0.25) is 0 Å². The molecule has 0 saturated carbocycles. The maximum absolute atomic E-state index is 11.9. The maximum atomic E-state index is 11.9. The molecule has 0 aliphatic heterocycles. The van der Waals surface area contributed by atoms with Crippen molar-refractivity contribution in [3.05, 3.63) is 22.7 Å². The number of anilines is 1. The molecule has 0 saturated heterocycles. The lowest BCUT2D eigenvalue weighted by atomic mass is 10.3. The predicted molar refractivity (Wildman–Crippen MR) is 67.1 cm³/mol. The molecule has 1 aromatic carbocycles. The Morgan fingerprint density at radius 1 is 1.44 bits per heavy atom. The number of hydrogen-bond donors (Lipinski definition) is 1. The Labute approximate surface area is 104 Å².